The molecule has 1 fully saturated rings. The van der Waals surface area contributed by atoms with Gasteiger partial charge in [-0.05, 0) is 45.9 Å². The summed E-state index contributed by atoms with van der Waals surface area (Å²) in [4.78, 5) is 5.09. The minimum atomic E-state index is 0.929. The van der Waals surface area contributed by atoms with Crippen molar-refractivity contribution in [3.05, 3.63) is 0 Å². The Morgan fingerprint density at radius 3 is 2.47 bits per heavy atom. The van der Waals surface area contributed by atoms with E-state index in [2.05, 4.69) is 16.8 Å². The summed E-state index contributed by atoms with van der Waals surface area (Å²) >= 11 is 0. The van der Waals surface area contributed by atoms with Gasteiger partial charge in [0.25, 0.3) is 0 Å². The minimum Gasteiger partial charge on any atom is -0.385 e. The third kappa shape index (κ3) is 7.74. The molecule has 17 heavy (non-hydrogen) atoms. The topological polar surface area (TPSA) is 15.7 Å². The number of nitrogens with zero attached hydrogens (tertiary/aromatic N) is 2. The van der Waals surface area contributed by atoms with Crippen LogP contribution < -0.4 is 0 Å². The van der Waals surface area contributed by atoms with Gasteiger partial charge in [0.05, 0.1) is 0 Å². The van der Waals surface area contributed by atoms with Crippen LogP contribution in [0.3, 0.4) is 0 Å². The molecule has 1 rings (SSSR count). The number of hydrogen-bond donors (Lipinski definition) is 0. The molecular weight excluding hydrogens is 212 g/mol. The van der Waals surface area contributed by atoms with E-state index in [9.17, 15) is 0 Å². The first-order valence-corrected chi connectivity index (χ1v) is 7.23. The third-order valence-corrected chi connectivity index (χ3v) is 3.63. The highest BCUT2D eigenvalue weighted by atomic mass is 16.5. The van der Waals surface area contributed by atoms with Gasteiger partial charge in [0.15, 0.2) is 0 Å². The molecule has 0 aromatic rings. The van der Waals surface area contributed by atoms with E-state index in [-0.39, 0.29) is 0 Å². The first kappa shape index (κ1) is 14.9. The van der Waals surface area contributed by atoms with E-state index in [1.165, 1.54) is 71.2 Å². The second-order valence-corrected chi connectivity index (χ2v) is 5.26. The average Bonchev–Trinajstić information content (AvgIpc) is 2.53. The average molecular weight is 242 g/mol. The Bertz CT molecular complexity index is 176. The number of hydrogen-bond acceptors (Lipinski definition) is 3. The lowest BCUT2D eigenvalue weighted by atomic mass is 10.1. The van der Waals surface area contributed by atoms with E-state index in [0.29, 0.717) is 0 Å². The largest absolute Gasteiger partial charge is 0.385 e. The van der Waals surface area contributed by atoms with Crippen molar-refractivity contribution in [3.63, 3.8) is 0 Å². The number of rotatable bonds is 8. The van der Waals surface area contributed by atoms with E-state index < -0.39 is 0 Å². The van der Waals surface area contributed by atoms with E-state index in [1.807, 2.05) is 0 Å². The fourth-order valence-electron chi connectivity index (χ4n) is 2.44. The summed E-state index contributed by atoms with van der Waals surface area (Å²) in [6.45, 7) is 7.31. The van der Waals surface area contributed by atoms with E-state index >= 15 is 0 Å². The van der Waals surface area contributed by atoms with Gasteiger partial charge in [-0.3, -0.25) is 0 Å². The lowest BCUT2D eigenvalue weighted by molar-refractivity contribution is 0.191. The van der Waals surface area contributed by atoms with Crippen molar-refractivity contribution in [2.45, 2.75) is 38.5 Å². The molecule has 0 spiro atoms. The van der Waals surface area contributed by atoms with Gasteiger partial charge in [0, 0.05) is 26.8 Å². The predicted molar refractivity (Wildman–Crippen MR) is 73.5 cm³/mol. The van der Waals surface area contributed by atoms with Gasteiger partial charge >= 0.3 is 0 Å². The highest BCUT2D eigenvalue weighted by Gasteiger charge is 2.10. The molecule has 0 unspecified atom stereocenters. The maximum absolute atomic E-state index is 5.05. The van der Waals surface area contributed by atoms with Crippen molar-refractivity contribution in [2.24, 2.45) is 0 Å². The number of unbranched alkanes of at least 4 members (excludes halogenated alkanes) is 4. The molecule has 0 bridgehead atoms. The van der Waals surface area contributed by atoms with Gasteiger partial charge in [-0.15, -0.1) is 0 Å². The van der Waals surface area contributed by atoms with Crippen LogP contribution in [0.5, 0.6) is 0 Å². The monoisotopic (exact) mass is 242 g/mol. The predicted octanol–water partition coefficient (Wildman–Crippen LogP) is 2.22. The smallest absolute Gasteiger partial charge is 0.0462 e. The zero-order valence-corrected chi connectivity index (χ0v) is 11.8. The van der Waals surface area contributed by atoms with Crippen molar-refractivity contribution >= 4 is 0 Å². The van der Waals surface area contributed by atoms with Gasteiger partial charge < -0.3 is 14.5 Å². The molecule has 0 aromatic heterocycles. The molecule has 102 valence electrons. The Morgan fingerprint density at radius 2 is 1.65 bits per heavy atom. The van der Waals surface area contributed by atoms with Crippen LogP contribution in [0.4, 0.5) is 0 Å². The van der Waals surface area contributed by atoms with E-state index in [0.717, 1.165) is 6.61 Å². The number of methoxy groups -OCH3 is 1. The summed E-state index contributed by atoms with van der Waals surface area (Å²) in [5.41, 5.74) is 0. The maximum Gasteiger partial charge on any atom is 0.0462 e. The molecule has 1 aliphatic rings. The SMILES string of the molecule is COCCCCCCCN1CCCN(C)CC1. The fourth-order valence-corrected chi connectivity index (χ4v) is 2.44. The highest BCUT2D eigenvalue weighted by Crippen LogP contribution is 2.06. The molecule has 0 atom stereocenters. The second-order valence-electron chi connectivity index (χ2n) is 5.26. The van der Waals surface area contributed by atoms with E-state index in [4.69, 9.17) is 4.74 Å². The van der Waals surface area contributed by atoms with Gasteiger partial charge in [-0.1, -0.05) is 19.3 Å². The van der Waals surface area contributed by atoms with Crippen LogP contribution in [-0.4, -0.2) is 63.3 Å². The molecule has 1 saturated heterocycles. The quantitative estimate of drug-likeness (QED) is 0.607. The summed E-state index contributed by atoms with van der Waals surface area (Å²) in [5.74, 6) is 0. The first-order chi connectivity index (χ1) is 8.33. The molecule has 3 heteroatoms. The standard InChI is InChI=1S/C14H30N2O/c1-15-9-8-11-16(13-12-15)10-6-4-3-5-7-14-17-2/h3-14H2,1-2H3. The molecule has 1 aliphatic heterocycles. The van der Waals surface area contributed by atoms with Crippen LogP contribution in [0.25, 0.3) is 0 Å². The van der Waals surface area contributed by atoms with Crippen molar-refractivity contribution in [3.8, 4) is 0 Å². The fraction of sp³-hybridized carbons (Fsp3) is 1.00. The third-order valence-electron chi connectivity index (χ3n) is 3.63. The van der Waals surface area contributed by atoms with Crippen LogP contribution in [0.2, 0.25) is 0 Å². The van der Waals surface area contributed by atoms with Gasteiger partial charge in [0.2, 0.25) is 0 Å². The lowest BCUT2D eigenvalue weighted by Gasteiger charge is -2.19. The molecule has 0 aromatic carbocycles. The number of ether oxygens (including phenoxy) is 1. The molecule has 0 N–H and O–H groups in total. The molecule has 3 nitrogen and oxygen atoms in total. The van der Waals surface area contributed by atoms with Gasteiger partial charge in [-0.25, -0.2) is 0 Å². The molecule has 0 aliphatic carbocycles. The Balaban J connectivity index is 1.91. The van der Waals surface area contributed by atoms with Crippen LogP contribution in [0, 0.1) is 0 Å². The van der Waals surface area contributed by atoms with Crippen LogP contribution >= 0.6 is 0 Å². The first-order valence-electron chi connectivity index (χ1n) is 7.23. The lowest BCUT2D eigenvalue weighted by Crippen LogP contribution is -2.29. The van der Waals surface area contributed by atoms with Crippen molar-refractivity contribution in [2.75, 3.05) is 53.5 Å². The Morgan fingerprint density at radius 1 is 0.882 bits per heavy atom. The Kier molecular flexibility index (Phi) is 8.67. The summed E-state index contributed by atoms with van der Waals surface area (Å²) < 4.78 is 5.05. The van der Waals surface area contributed by atoms with Crippen LogP contribution in [-0.2, 0) is 4.74 Å². The second kappa shape index (κ2) is 9.86. The molecule has 0 saturated carbocycles. The van der Waals surface area contributed by atoms with Crippen molar-refractivity contribution in [1.29, 1.82) is 0 Å². The molecule has 1 heterocycles. The van der Waals surface area contributed by atoms with Crippen molar-refractivity contribution < 1.29 is 4.74 Å². The summed E-state index contributed by atoms with van der Waals surface area (Å²) in [5, 5.41) is 0. The highest BCUT2D eigenvalue weighted by molar-refractivity contribution is 4.67. The Hall–Kier alpha value is -0.120. The summed E-state index contributed by atoms with van der Waals surface area (Å²) in [6.07, 6.45) is 8.02. The Labute approximate surface area is 107 Å². The van der Waals surface area contributed by atoms with Crippen LogP contribution in [0.15, 0.2) is 0 Å². The maximum atomic E-state index is 5.05. The van der Waals surface area contributed by atoms with Crippen molar-refractivity contribution in [1.82, 2.24) is 9.80 Å². The normalized spacial score (nSPS) is 19.4. The molecule has 0 radical (unpaired) electrons. The zero-order chi connectivity index (χ0) is 12.3. The van der Waals surface area contributed by atoms with Gasteiger partial charge in [0.1, 0.15) is 0 Å². The molecule has 0 amide bonds. The van der Waals surface area contributed by atoms with Crippen LogP contribution in [0.1, 0.15) is 38.5 Å². The zero-order valence-electron chi connectivity index (χ0n) is 11.8. The van der Waals surface area contributed by atoms with Gasteiger partial charge in [-0.2, -0.15) is 0 Å². The molecular formula is C14H30N2O. The minimum absolute atomic E-state index is 0.929. The number of likely N-dealkylation sites (N-methyl/N-ethyl adjacent to an activating group) is 1. The van der Waals surface area contributed by atoms with E-state index in [1.54, 1.807) is 7.11 Å². The summed E-state index contributed by atoms with van der Waals surface area (Å²) in [6, 6.07) is 0. The summed E-state index contributed by atoms with van der Waals surface area (Å²) in [7, 11) is 4.02.